The Balaban J connectivity index is 2.01. The number of hydrogen-bond donors (Lipinski definition) is 1. The molecule has 2 aromatic heterocycles. The molecule has 0 saturated heterocycles. The molecule has 0 saturated carbocycles. The zero-order valence-corrected chi connectivity index (χ0v) is 10.6. The van der Waals surface area contributed by atoms with Crippen LogP contribution in [0.2, 0.25) is 5.15 Å². The average Bonchev–Trinajstić information content (AvgIpc) is 2.73. The summed E-state index contributed by atoms with van der Waals surface area (Å²) in [5.41, 5.74) is 6.19. The summed E-state index contributed by atoms with van der Waals surface area (Å²) in [6.07, 6.45) is 0. The minimum absolute atomic E-state index is 0.236. The fourth-order valence-corrected chi connectivity index (χ4v) is 2.05. The van der Waals surface area contributed by atoms with Crippen LogP contribution in [0.4, 0.5) is 0 Å². The van der Waals surface area contributed by atoms with Crippen molar-refractivity contribution in [2.75, 3.05) is 0 Å². The number of rotatable bonds is 4. The van der Waals surface area contributed by atoms with Crippen molar-refractivity contribution in [3.63, 3.8) is 0 Å². The topological polar surface area (TPSA) is 90.7 Å². The van der Waals surface area contributed by atoms with Gasteiger partial charge in [-0.1, -0.05) is 23.4 Å². The van der Waals surface area contributed by atoms with E-state index in [0.29, 0.717) is 27.8 Å². The fraction of sp³-hybridized carbons (Fsp3) is 0.333. The van der Waals surface area contributed by atoms with E-state index in [1.807, 2.05) is 6.92 Å². The molecule has 2 aromatic rings. The summed E-state index contributed by atoms with van der Waals surface area (Å²) in [5, 5.41) is 8.46. The lowest BCUT2D eigenvalue weighted by Gasteiger charge is -1.99. The number of aromatic nitrogens is 4. The summed E-state index contributed by atoms with van der Waals surface area (Å²) in [5.74, 6) is 1.57. The maximum atomic E-state index is 5.83. The van der Waals surface area contributed by atoms with Crippen LogP contribution in [0.5, 0.6) is 0 Å². The maximum absolute atomic E-state index is 5.83. The summed E-state index contributed by atoms with van der Waals surface area (Å²) >= 11 is 7.18. The van der Waals surface area contributed by atoms with Gasteiger partial charge in [-0.2, -0.15) is 0 Å². The van der Waals surface area contributed by atoms with Crippen molar-refractivity contribution in [1.29, 1.82) is 0 Å². The Morgan fingerprint density at radius 2 is 2.24 bits per heavy atom. The second-order valence-electron chi connectivity index (χ2n) is 3.20. The van der Waals surface area contributed by atoms with Gasteiger partial charge in [-0.3, -0.25) is 0 Å². The lowest BCUT2D eigenvalue weighted by molar-refractivity contribution is 0.414. The van der Waals surface area contributed by atoms with Gasteiger partial charge >= 0.3 is 0 Å². The summed E-state index contributed by atoms with van der Waals surface area (Å²) in [7, 11) is 0. The Kier molecular flexibility index (Phi) is 3.93. The van der Waals surface area contributed by atoms with Crippen LogP contribution >= 0.6 is 23.4 Å². The molecule has 0 aliphatic heterocycles. The second-order valence-corrected chi connectivity index (χ2v) is 4.52. The predicted molar refractivity (Wildman–Crippen MR) is 63.5 cm³/mol. The van der Waals surface area contributed by atoms with Crippen LogP contribution < -0.4 is 5.73 Å². The van der Waals surface area contributed by atoms with Crippen LogP contribution in [0.1, 0.15) is 17.4 Å². The quantitative estimate of drug-likeness (QED) is 0.667. The first-order valence-electron chi connectivity index (χ1n) is 4.82. The largest absolute Gasteiger partial charge is 0.415 e. The van der Waals surface area contributed by atoms with Gasteiger partial charge in [0.1, 0.15) is 11.0 Å². The van der Waals surface area contributed by atoms with E-state index in [4.69, 9.17) is 21.8 Å². The normalized spacial score (nSPS) is 10.8. The van der Waals surface area contributed by atoms with Crippen LogP contribution in [0.3, 0.4) is 0 Å². The van der Waals surface area contributed by atoms with Crippen molar-refractivity contribution < 1.29 is 4.42 Å². The monoisotopic (exact) mass is 271 g/mol. The zero-order valence-electron chi connectivity index (χ0n) is 9.05. The molecule has 8 heteroatoms. The molecule has 0 unspecified atom stereocenters. The number of halogens is 1. The van der Waals surface area contributed by atoms with Gasteiger partial charge in [-0.15, -0.1) is 10.2 Å². The molecular formula is C9H10ClN5OS. The predicted octanol–water partition coefficient (Wildman–Crippen LogP) is 1.57. The van der Waals surface area contributed by atoms with E-state index in [0.717, 1.165) is 5.69 Å². The lowest BCUT2D eigenvalue weighted by Crippen LogP contribution is -1.95. The maximum Gasteiger partial charge on any atom is 0.277 e. The molecule has 0 aliphatic rings. The summed E-state index contributed by atoms with van der Waals surface area (Å²) in [6, 6.07) is 1.70. The van der Waals surface area contributed by atoms with Gasteiger partial charge in [-0.25, -0.2) is 9.97 Å². The number of nitrogens with two attached hydrogens (primary N) is 1. The summed E-state index contributed by atoms with van der Waals surface area (Å²) < 4.78 is 5.24. The first kappa shape index (κ1) is 12.3. The molecule has 0 fully saturated rings. The standard InChI is InChI=1S/C9H10ClN5OS/c1-5-2-6(10)13-7(12-5)4-17-9-15-14-8(3-11)16-9/h2H,3-4,11H2,1H3. The van der Waals surface area contributed by atoms with Crippen molar-refractivity contribution in [3.8, 4) is 0 Å². The molecule has 2 N–H and O–H groups in total. The van der Waals surface area contributed by atoms with E-state index in [1.165, 1.54) is 11.8 Å². The van der Waals surface area contributed by atoms with E-state index in [-0.39, 0.29) is 6.54 Å². The van der Waals surface area contributed by atoms with Crippen molar-refractivity contribution in [2.24, 2.45) is 5.73 Å². The molecule has 17 heavy (non-hydrogen) atoms. The van der Waals surface area contributed by atoms with Crippen molar-refractivity contribution in [3.05, 3.63) is 28.6 Å². The smallest absolute Gasteiger partial charge is 0.277 e. The molecule has 0 bridgehead atoms. The highest BCUT2D eigenvalue weighted by molar-refractivity contribution is 7.98. The number of thioether (sulfide) groups is 1. The molecule has 6 nitrogen and oxygen atoms in total. The van der Waals surface area contributed by atoms with Crippen LogP contribution in [0, 0.1) is 6.92 Å². The third kappa shape index (κ3) is 3.39. The van der Waals surface area contributed by atoms with Crippen molar-refractivity contribution in [1.82, 2.24) is 20.2 Å². The molecule has 90 valence electrons. The molecule has 0 spiro atoms. The van der Waals surface area contributed by atoms with E-state index in [9.17, 15) is 0 Å². The zero-order chi connectivity index (χ0) is 12.3. The van der Waals surface area contributed by atoms with Crippen molar-refractivity contribution >= 4 is 23.4 Å². The SMILES string of the molecule is Cc1cc(Cl)nc(CSc2nnc(CN)o2)n1. The Bertz CT molecular complexity index is 498. The van der Waals surface area contributed by atoms with Crippen LogP contribution in [-0.2, 0) is 12.3 Å². The fourth-order valence-electron chi connectivity index (χ4n) is 1.16. The molecule has 0 aliphatic carbocycles. The minimum Gasteiger partial charge on any atom is -0.415 e. The van der Waals surface area contributed by atoms with Crippen LogP contribution in [0.15, 0.2) is 15.7 Å². The van der Waals surface area contributed by atoms with Crippen LogP contribution in [-0.4, -0.2) is 20.2 Å². The Morgan fingerprint density at radius 3 is 2.88 bits per heavy atom. The van der Waals surface area contributed by atoms with Gasteiger partial charge in [0.05, 0.1) is 12.3 Å². The summed E-state index contributed by atoms with van der Waals surface area (Å²) in [6.45, 7) is 2.10. The third-order valence-corrected chi connectivity index (χ3v) is 2.83. The van der Waals surface area contributed by atoms with Gasteiger partial charge in [0.15, 0.2) is 0 Å². The highest BCUT2D eigenvalue weighted by Crippen LogP contribution is 2.20. The first-order chi connectivity index (χ1) is 8.17. The van der Waals surface area contributed by atoms with Gasteiger partial charge in [-0.05, 0) is 13.0 Å². The van der Waals surface area contributed by atoms with E-state index in [2.05, 4.69) is 20.2 Å². The van der Waals surface area contributed by atoms with Crippen LogP contribution in [0.25, 0.3) is 0 Å². The number of aryl methyl sites for hydroxylation is 1. The molecule has 0 aromatic carbocycles. The molecule has 0 amide bonds. The molecular weight excluding hydrogens is 262 g/mol. The first-order valence-corrected chi connectivity index (χ1v) is 6.19. The van der Waals surface area contributed by atoms with E-state index in [1.54, 1.807) is 6.07 Å². The van der Waals surface area contributed by atoms with Gasteiger partial charge in [0, 0.05) is 5.69 Å². The van der Waals surface area contributed by atoms with Crippen molar-refractivity contribution in [2.45, 2.75) is 24.4 Å². The molecule has 2 rings (SSSR count). The average molecular weight is 272 g/mol. The van der Waals surface area contributed by atoms with Gasteiger partial charge in [0.25, 0.3) is 5.22 Å². The number of nitrogens with zero attached hydrogens (tertiary/aromatic N) is 4. The Labute approximate surface area is 107 Å². The summed E-state index contributed by atoms with van der Waals surface area (Å²) in [4.78, 5) is 8.34. The Morgan fingerprint density at radius 1 is 1.41 bits per heavy atom. The second kappa shape index (κ2) is 5.44. The number of hydrogen-bond acceptors (Lipinski definition) is 7. The lowest BCUT2D eigenvalue weighted by atomic mass is 10.4. The molecule has 0 atom stereocenters. The van der Waals surface area contributed by atoms with Gasteiger partial charge in [0.2, 0.25) is 5.89 Å². The Hall–Kier alpha value is -1.18. The molecule has 2 heterocycles. The highest BCUT2D eigenvalue weighted by atomic mass is 35.5. The molecule has 0 radical (unpaired) electrons. The third-order valence-electron chi connectivity index (χ3n) is 1.82. The van der Waals surface area contributed by atoms with Gasteiger partial charge < -0.3 is 10.2 Å². The van der Waals surface area contributed by atoms with E-state index < -0.39 is 0 Å². The minimum atomic E-state index is 0.236. The van der Waals surface area contributed by atoms with E-state index >= 15 is 0 Å². The highest BCUT2D eigenvalue weighted by Gasteiger charge is 2.07.